The van der Waals surface area contributed by atoms with Crippen LogP contribution in [-0.4, -0.2) is 46.8 Å². The number of aliphatic hydroxyl groups is 1. The fourth-order valence-corrected chi connectivity index (χ4v) is 0.863. The predicted octanol–water partition coefficient (Wildman–Crippen LogP) is -0.831. The van der Waals surface area contributed by atoms with Gasteiger partial charge < -0.3 is 10.2 Å². The molecule has 0 atom stereocenters. The third-order valence-corrected chi connectivity index (χ3v) is 1.30. The SMILES string of the molecule is Cl.O=C(O)CN1CC(O)C1. The highest BCUT2D eigenvalue weighted by Gasteiger charge is 2.25. The minimum Gasteiger partial charge on any atom is -0.480 e. The summed E-state index contributed by atoms with van der Waals surface area (Å²) in [4.78, 5) is 11.7. The number of hydrogen-bond acceptors (Lipinski definition) is 3. The van der Waals surface area contributed by atoms with Crippen LogP contribution in [0.3, 0.4) is 0 Å². The molecule has 1 heterocycles. The second-order valence-corrected chi connectivity index (χ2v) is 2.24. The zero-order valence-corrected chi connectivity index (χ0v) is 6.17. The van der Waals surface area contributed by atoms with E-state index in [4.69, 9.17) is 10.2 Å². The fourth-order valence-electron chi connectivity index (χ4n) is 0.863. The second kappa shape index (κ2) is 3.75. The Balaban J connectivity index is 0.000000810. The van der Waals surface area contributed by atoms with E-state index >= 15 is 0 Å². The van der Waals surface area contributed by atoms with E-state index in [1.54, 1.807) is 4.90 Å². The van der Waals surface area contributed by atoms with Gasteiger partial charge in [0.25, 0.3) is 0 Å². The van der Waals surface area contributed by atoms with E-state index in [1.165, 1.54) is 0 Å². The van der Waals surface area contributed by atoms with Gasteiger partial charge in [-0.1, -0.05) is 0 Å². The lowest BCUT2D eigenvalue weighted by atomic mass is 10.2. The lowest BCUT2D eigenvalue weighted by Gasteiger charge is -2.34. The van der Waals surface area contributed by atoms with Gasteiger partial charge in [0, 0.05) is 13.1 Å². The molecule has 0 saturated carbocycles. The first-order valence-electron chi connectivity index (χ1n) is 2.80. The highest BCUT2D eigenvalue weighted by Crippen LogP contribution is 2.04. The van der Waals surface area contributed by atoms with E-state index in [2.05, 4.69) is 0 Å². The average molecular weight is 168 g/mol. The van der Waals surface area contributed by atoms with Gasteiger partial charge in [-0.15, -0.1) is 12.4 Å². The summed E-state index contributed by atoms with van der Waals surface area (Å²) in [6, 6.07) is 0. The van der Waals surface area contributed by atoms with Crippen molar-refractivity contribution in [2.24, 2.45) is 0 Å². The molecule has 4 nitrogen and oxygen atoms in total. The number of nitrogens with zero attached hydrogens (tertiary/aromatic N) is 1. The Hall–Kier alpha value is -0.320. The summed E-state index contributed by atoms with van der Waals surface area (Å²) < 4.78 is 0. The molecule has 0 amide bonds. The molecule has 10 heavy (non-hydrogen) atoms. The van der Waals surface area contributed by atoms with Crippen molar-refractivity contribution in [1.82, 2.24) is 4.90 Å². The van der Waals surface area contributed by atoms with Crippen LogP contribution in [0.1, 0.15) is 0 Å². The van der Waals surface area contributed by atoms with Crippen molar-refractivity contribution in [2.75, 3.05) is 19.6 Å². The molecule has 1 fully saturated rings. The molecule has 0 aliphatic carbocycles. The highest BCUT2D eigenvalue weighted by molar-refractivity contribution is 5.85. The summed E-state index contributed by atoms with van der Waals surface area (Å²) in [5.74, 6) is -0.832. The Morgan fingerprint density at radius 1 is 1.60 bits per heavy atom. The highest BCUT2D eigenvalue weighted by atomic mass is 35.5. The van der Waals surface area contributed by atoms with Crippen molar-refractivity contribution < 1.29 is 15.0 Å². The van der Waals surface area contributed by atoms with E-state index in [0.717, 1.165) is 0 Å². The first kappa shape index (κ1) is 9.68. The minimum atomic E-state index is -0.832. The van der Waals surface area contributed by atoms with Gasteiger partial charge in [-0.3, -0.25) is 9.69 Å². The monoisotopic (exact) mass is 167 g/mol. The molecule has 0 aromatic rings. The van der Waals surface area contributed by atoms with Crippen LogP contribution in [0.15, 0.2) is 0 Å². The number of aliphatic hydroxyl groups excluding tert-OH is 1. The number of aliphatic carboxylic acids is 1. The van der Waals surface area contributed by atoms with Crippen molar-refractivity contribution in [3.63, 3.8) is 0 Å². The van der Waals surface area contributed by atoms with Crippen LogP contribution in [0.2, 0.25) is 0 Å². The van der Waals surface area contributed by atoms with Crippen LogP contribution in [0.25, 0.3) is 0 Å². The first-order chi connectivity index (χ1) is 4.18. The maximum absolute atomic E-state index is 9.99. The minimum absolute atomic E-state index is 0. The van der Waals surface area contributed by atoms with Crippen LogP contribution >= 0.6 is 12.4 Å². The molecule has 0 radical (unpaired) electrons. The summed E-state index contributed by atoms with van der Waals surface area (Å²) in [5.41, 5.74) is 0. The van der Waals surface area contributed by atoms with Gasteiger partial charge in [0.2, 0.25) is 0 Å². The zero-order chi connectivity index (χ0) is 6.85. The van der Waals surface area contributed by atoms with Crippen LogP contribution in [0.4, 0.5) is 0 Å². The van der Waals surface area contributed by atoms with Crippen molar-refractivity contribution >= 4 is 18.4 Å². The molecule has 1 rings (SSSR count). The van der Waals surface area contributed by atoms with Gasteiger partial charge in [-0.25, -0.2) is 0 Å². The molecule has 0 spiro atoms. The second-order valence-electron chi connectivity index (χ2n) is 2.24. The first-order valence-corrected chi connectivity index (χ1v) is 2.80. The Bertz CT molecular complexity index is 124. The number of likely N-dealkylation sites (tertiary alicyclic amines) is 1. The van der Waals surface area contributed by atoms with Crippen LogP contribution in [-0.2, 0) is 4.79 Å². The van der Waals surface area contributed by atoms with Crippen LogP contribution in [0.5, 0.6) is 0 Å². The molecular weight excluding hydrogens is 158 g/mol. The third-order valence-electron chi connectivity index (χ3n) is 1.30. The van der Waals surface area contributed by atoms with Gasteiger partial charge in [-0.2, -0.15) is 0 Å². The average Bonchev–Trinajstić information content (AvgIpc) is 1.60. The van der Waals surface area contributed by atoms with Crippen molar-refractivity contribution in [2.45, 2.75) is 6.10 Å². The summed E-state index contributed by atoms with van der Waals surface area (Å²) in [6.07, 6.45) is -0.302. The van der Waals surface area contributed by atoms with Gasteiger partial charge in [0.15, 0.2) is 0 Å². The Labute approximate surface area is 64.9 Å². The number of hydrogen-bond donors (Lipinski definition) is 2. The summed E-state index contributed by atoms with van der Waals surface area (Å²) in [5, 5.41) is 16.9. The van der Waals surface area contributed by atoms with E-state index < -0.39 is 5.97 Å². The predicted molar refractivity (Wildman–Crippen MR) is 37.3 cm³/mol. The molecule has 1 aliphatic rings. The maximum atomic E-state index is 9.99. The summed E-state index contributed by atoms with van der Waals surface area (Å²) in [6.45, 7) is 1.07. The number of halogens is 1. The Kier molecular flexibility index (Phi) is 3.63. The summed E-state index contributed by atoms with van der Waals surface area (Å²) in [7, 11) is 0. The van der Waals surface area contributed by atoms with E-state index in [0.29, 0.717) is 13.1 Å². The van der Waals surface area contributed by atoms with Gasteiger partial charge in [-0.05, 0) is 0 Å². The molecule has 60 valence electrons. The van der Waals surface area contributed by atoms with Gasteiger partial charge >= 0.3 is 5.97 Å². The van der Waals surface area contributed by atoms with Crippen molar-refractivity contribution in [3.05, 3.63) is 0 Å². The quantitative estimate of drug-likeness (QED) is 0.564. The van der Waals surface area contributed by atoms with E-state index in [-0.39, 0.29) is 25.1 Å². The molecule has 0 bridgehead atoms. The summed E-state index contributed by atoms with van der Waals surface area (Å²) >= 11 is 0. The molecule has 5 heteroatoms. The van der Waals surface area contributed by atoms with Crippen LogP contribution in [0, 0.1) is 0 Å². The van der Waals surface area contributed by atoms with E-state index in [9.17, 15) is 4.79 Å². The lowest BCUT2D eigenvalue weighted by Crippen LogP contribution is -2.52. The molecule has 0 unspecified atom stereocenters. The standard InChI is InChI=1S/C5H9NO3.ClH/c7-4-1-6(2-4)3-5(8)9;/h4,7H,1-3H2,(H,8,9);1H. The molecule has 0 aromatic heterocycles. The molecule has 0 aromatic carbocycles. The number of carboxylic acids is 1. The number of rotatable bonds is 2. The topological polar surface area (TPSA) is 60.8 Å². The lowest BCUT2D eigenvalue weighted by molar-refractivity contribution is -0.141. The van der Waals surface area contributed by atoms with Crippen molar-refractivity contribution in [1.29, 1.82) is 0 Å². The molecular formula is C5H10ClNO3. The third kappa shape index (κ3) is 2.51. The Morgan fingerprint density at radius 2 is 2.10 bits per heavy atom. The fraction of sp³-hybridized carbons (Fsp3) is 0.800. The van der Waals surface area contributed by atoms with Crippen LogP contribution < -0.4 is 0 Å². The van der Waals surface area contributed by atoms with Gasteiger partial charge in [0.1, 0.15) is 0 Å². The molecule has 2 N–H and O–H groups in total. The van der Waals surface area contributed by atoms with Crippen molar-refractivity contribution in [3.8, 4) is 0 Å². The number of carboxylic acid groups (broad SMARTS) is 1. The smallest absolute Gasteiger partial charge is 0.317 e. The largest absolute Gasteiger partial charge is 0.480 e. The zero-order valence-electron chi connectivity index (χ0n) is 5.36. The molecule has 1 aliphatic heterocycles. The number of β-amino-alcohol motifs (C(OH)–C–C–N with tert-alkyl or cyclic N) is 1. The molecule has 1 saturated heterocycles. The van der Waals surface area contributed by atoms with E-state index in [1.807, 2.05) is 0 Å². The number of carbonyl (C=O) groups is 1. The maximum Gasteiger partial charge on any atom is 0.317 e. The normalized spacial score (nSPS) is 19.3. The Morgan fingerprint density at radius 3 is 2.40 bits per heavy atom. The van der Waals surface area contributed by atoms with Gasteiger partial charge in [0.05, 0.1) is 12.6 Å².